The minimum atomic E-state index is -0.157. The zero-order chi connectivity index (χ0) is 28.2. The molecule has 1 saturated heterocycles. The third-order valence-electron chi connectivity index (χ3n) is 7.13. The van der Waals surface area contributed by atoms with Crippen molar-refractivity contribution < 1.29 is 14.0 Å². The van der Waals surface area contributed by atoms with E-state index in [0.717, 1.165) is 51.9 Å². The lowest BCUT2D eigenvalue weighted by atomic mass is 10.0. The van der Waals surface area contributed by atoms with Crippen molar-refractivity contribution in [3.05, 3.63) is 102 Å². The Hall–Kier alpha value is -4.63. The number of rotatable bonds is 7. The molecule has 0 aliphatic carbocycles. The molecule has 1 aliphatic rings. The average Bonchev–Trinajstić information content (AvgIpc) is 3.49. The number of aromatic nitrogens is 2. The molecule has 0 atom stereocenters. The van der Waals surface area contributed by atoms with Gasteiger partial charge in [0.15, 0.2) is 0 Å². The summed E-state index contributed by atoms with van der Waals surface area (Å²) in [6.45, 7) is 4.86. The maximum absolute atomic E-state index is 12.8. The number of aryl methyl sites for hydroxylation is 1. The Kier molecular flexibility index (Phi) is 7.69. The van der Waals surface area contributed by atoms with Gasteiger partial charge in [0.25, 0.3) is 11.1 Å². The third kappa shape index (κ3) is 6.10. The van der Waals surface area contributed by atoms with Crippen LogP contribution < -0.4 is 10.2 Å². The van der Waals surface area contributed by atoms with Crippen LogP contribution in [0.25, 0.3) is 22.2 Å². The lowest BCUT2D eigenvalue weighted by molar-refractivity contribution is -0.113. The number of hydrogen-bond acceptors (Lipinski definition) is 7. The molecule has 206 valence electrons. The summed E-state index contributed by atoms with van der Waals surface area (Å²) in [4.78, 5) is 29.6. The van der Waals surface area contributed by atoms with E-state index < -0.39 is 0 Å². The Morgan fingerprint density at radius 3 is 2.37 bits per heavy atom. The van der Waals surface area contributed by atoms with Gasteiger partial charge in [-0.1, -0.05) is 65.9 Å². The second-order valence-electron chi connectivity index (χ2n) is 9.93. The maximum Gasteiger partial charge on any atom is 0.277 e. The molecule has 8 nitrogen and oxygen atoms in total. The summed E-state index contributed by atoms with van der Waals surface area (Å²) in [5, 5.41) is 13.7. The van der Waals surface area contributed by atoms with Gasteiger partial charge >= 0.3 is 0 Å². The van der Waals surface area contributed by atoms with Crippen LogP contribution in [0.15, 0.2) is 101 Å². The van der Waals surface area contributed by atoms with Crippen molar-refractivity contribution in [2.24, 2.45) is 0 Å². The SMILES string of the molecule is Cc1ccc(C(=O)N2CCN(c3ccc(NC(=O)CSc4nnc(-c5cccc6ccccc56)o4)cc3)CC2)cc1. The highest BCUT2D eigenvalue weighted by Gasteiger charge is 2.22. The number of fused-ring (bicyclic) bond motifs is 1. The summed E-state index contributed by atoms with van der Waals surface area (Å²) in [7, 11) is 0. The number of thioether (sulfide) groups is 1. The molecular weight excluding hydrogens is 534 g/mol. The predicted octanol–water partition coefficient (Wildman–Crippen LogP) is 5.89. The van der Waals surface area contributed by atoms with Gasteiger partial charge in [0, 0.05) is 48.7 Å². The Labute approximate surface area is 242 Å². The third-order valence-corrected chi connectivity index (χ3v) is 7.95. The van der Waals surface area contributed by atoms with Crippen molar-refractivity contribution >= 4 is 45.7 Å². The highest BCUT2D eigenvalue weighted by Crippen LogP contribution is 2.29. The van der Waals surface area contributed by atoms with Gasteiger partial charge in [-0.15, -0.1) is 10.2 Å². The lowest BCUT2D eigenvalue weighted by Gasteiger charge is -2.36. The number of anilines is 2. The Bertz CT molecular complexity index is 1670. The van der Waals surface area contributed by atoms with Crippen molar-refractivity contribution in [2.45, 2.75) is 12.1 Å². The van der Waals surface area contributed by atoms with Gasteiger partial charge in [-0.05, 0) is 60.2 Å². The van der Waals surface area contributed by atoms with Crippen LogP contribution in [0.5, 0.6) is 0 Å². The van der Waals surface area contributed by atoms with Crippen LogP contribution in [0.1, 0.15) is 15.9 Å². The first-order valence-corrected chi connectivity index (χ1v) is 14.5. The van der Waals surface area contributed by atoms with Crippen LogP contribution in [0.2, 0.25) is 0 Å². The van der Waals surface area contributed by atoms with E-state index in [2.05, 4.69) is 20.4 Å². The van der Waals surface area contributed by atoms with Crippen molar-refractivity contribution in [3.8, 4) is 11.5 Å². The number of piperazine rings is 1. The van der Waals surface area contributed by atoms with Crippen LogP contribution in [-0.4, -0.2) is 58.8 Å². The molecule has 1 N–H and O–H groups in total. The molecule has 41 heavy (non-hydrogen) atoms. The molecule has 1 fully saturated rings. The molecule has 0 radical (unpaired) electrons. The molecule has 2 heterocycles. The second-order valence-corrected chi connectivity index (χ2v) is 10.9. The standard InChI is InChI=1S/C32H29N5O3S/c1-22-9-11-24(12-10-22)31(39)37-19-17-36(18-20-37)26-15-13-25(14-16-26)33-29(38)21-41-32-35-34-30(40-32)28-8-4-6-23-5-2-3-7-27(23)28/h2-16H,17-21H2,1H3,(H,33,38). The molecule has 4 aromatic carbocycles. The normalized spacial score (nSPS) is 13.4. The molecular formula is C32H29N5O3S. The van der Waals surface area contributed by atoms with E-state index in [9.17, 15) is 9.59 Å². The predicted molar refractivity (Wildman–Crippen MR) is 162 cm³/mol. The Morgan fingerprint density at radius 1 is 0.854 bits per heavy atom. The Balaban J connectivity index is 0.991. The van der Waals surface area contributed by atoms with E-state index in [1.165, 1.54) is 11.8 Å². The van der Waals surface area contributed by atoms with Gasteiger partial charge in [-0.2, -0.15) is 0 Å². The molecule has 1 aromatic heterocycles. The van der Waals surface area contributed by atoms with Crippen molar-refractivity contribution in [1.82, 2.24) is 15.1 Å². The van der Waals surface area contributed by atoms with Gasteiger partial charge in [-0.3, -0.25) is 9.59 Å². The summed E-state index contributed by atoms with van der Waals surface area (Å²) < 4.78 is 5.84. The smallest absolute Gasteiger partial charge is 0.277 e. The number of carbonyl (C=O) groups is 2. The summed E-state index contributed by atoms with van der Waals surface area (Å²) in [5.41, 5.74) is 4.52. The number of nitrogens with one attached hydrogen (secondary N) is 1. The minimum Gasteiger partial charge on any atom is -0.411 e. The topological polar surface area (TPSA) is 91.6 Å². The molecule has 1 aliphatic heterocycles. The van der Waals surface area contributed by atoms with E-state index in [0.29, 0.717) is 24.2 Å². The average molecular weight is 564 g/mol. The largest absolute Gasteiger partial charge is 0.411 e. The highest BCUT2D eigenvalue weighted by atomic mass is 32.2. The molecule has 0 saturated carbocycles. The molecule has 0 bridgehead atoms. The second kappa shape index (κ2) is 11.9. The first-order valence-electron chi connectivity index (χ1n) is 13.5. The van der Waals surface area contributed by atoms with Crippen LogP contribution in [0.4, 0.5) is 11.4 Å². The molecule has 0 unspecified atom stereocenters. The lowest BCUT2D eigenvalue weighted by Crippen LogP contribution is -2.48. The number of benzene rings is 4. The zero-order valence-electron chi connectivity index (χ0n) is 22.6. The van der Waals surface area contributed by atoms with Gasteiger partial charge in [0.2, 0.25) is 11.8 Å². The first-order chi connectivity index (χ1) is 20.0. The van der Waals surface area contributed by atoms with Crippen molar-refractivity contribution in [2.75, 3.05) is 42.1 Å². The van der Waals surface area contributed by atoms with Crippen LogP contribution in [-0.2, 0) is 4.79 Å². The van der Waals surface area contributed by atoms with Crippen molar-refractivity contribution in [1.29, 1.82) is 0 Å². The number of amides is 2. The quantitative estimate of drug-likeness (QED) is 0.247. The first kappa shape index (κ1) is 26.6. The van der Waals surface area contributed by atoms with Crippen molar-refractivity contribution in [3.63, 3.8) is 0 Å². The van der Waals surface area contributed by atoms with E-state index in [1.807, 2.05) is 103 Å². The number of nitrogens with zero attached hydrogens (tertiary/aromatic N) is 4. The molecule has 0 spiro atoms. The highest BCUT2D eigenvalue weighted by molar-refractivity contribution is 7.99. The van der Waals surface area contributed by atoms with Gasteiger partial charge in [-0.25, -0.2) is 0 Å². The van der Waals surface area contributed by atoms with Gasteiger partial charge in [0.1, 0.15) is 0 Å². The van der Waals surface area contributed by atoms with Gasteiger partial charge < -0.3 is 19.5 Å². The van der Waals surface area contributed by atoms with Gasteiger partial charge in [0.05, 0.1) is 5.75 Å². The number of hydrogen-bond donors (Lipinski definition) is 1. The summed E-state index contributed by atoms with van der Waals surface area (Å²) in [5.74, 6) is 0.498. The molecule has 6 rings (SSSR count). The monoisotopic (exact) mass is 563 g/mol. The summed E-state index contributed by atoms with van der Waals surface area (Å²) >= 11 is 1.20. The fraction of sp³-hybridized carbons (Fsp3) is 0.188. The Morgan fingerprint density at radius 2 is 1.59 bits per heavy atom. The summed E-state index contributed by atoms with van der Waals surface area (Å²) in [6.07, 6.45) is 0. The van der Waals surface area contributed by atoms with E-state index in [-0.39, 0.29) is 17.6 Å². The van der Waals surface area contributed by atoms with Crippen LogP contribution in [0.3, 0.4) is 0 Å². The molecule has 2 amide bonds. The minimum absolute atomic E-state index is 0.0749. The zero-order valence-corrected chi connectivity index (χ0v) is 23.4. The fourth-order valence-electron chi connectivity index (χ4n) is 4.92. The van der Waals surface area contributed by atoms with Crippen LogP contribution >= 0.6 is 11.8 Å². The number of carbonyl (C=O) groups excluding carboxylic acids is 2. The van der Waals surface area contributed by atoms with Crippen LogP contribution in [0, 0.1) is 6.92 Å². The van der Waals surface area contributed by atoms with E-state index >= 15 is 0 Å². The molecule has 5 aromatic rings. The van der Waals surface area contributed by atoms with E-state index in [1.54, 1.807) is 0 Å². The molecule has 9 heteroatoms. The van der Waals surface area contributed by atoms with E-state index in [4.69, 9.17) is 4.42 Å². The fourth-order valence-corrected chi connectivity index (χ4v) is 5.48. The maximum atomic E-state index is 12.8. The summed E-state index contributed by atoms with van der Waals surface area (Å²) in [6, 6.07) is 29.5.